The predicted octanol–water partition coefficient (Wildman–Crippen LogP) is 2.21. The van der Waals surface area contributed by atoms with Crippen molar-refractivity contribution in [1.82, 2.24) is 10.6 Å². The lowest BCUT2D eigenvalue weighted by atomic mass is 10.1. The van der Waals surface area contributed by atoms with E-state index in [1.54, 1.807) is 31.2 Å². The minimum Gasteiger partial charge on any atom is -0.496 e. The number of carbonyl (C=O) groups excluding carboxylic acids is 2. The van der Waals surface area contributed by atoms with E-state index >= 15 is 0 Å². The minimum absolute atomic E-state index is 0.224. The largest absolute Gasteiger partial charge is 0.496 e. The summed E-state index contributed by atoms with van der Waals surface area (Å²) in [7, 11) is 4.61. The third-order valence-corrected chi connectivity index (χ3v) is 4.59. The van der Waals surface area contributed by atoms with Gasteiger partial charge in [0.1, 0.15) is 11.8 Å². The molecule has 8 heteroatoms. The van der Waals surface area contributed by atoms with Gasteiger partial charge in [-0.2, -0.15) is 0 Å². The molecule has 0 radical (unpaired) electrons. The third kappa shape index (κ3) is 4.66. The Morgan fingerprint density at radius 1 is 1.08 bits per heavy atom. The van der Waals surface area contributed by atoms with Crippen molar-refractivity contribution in [2.24, 2.45) is 0 Å². The Morgan fingerprint density at radius 3 is 2.31 bits per heavy atom. The standard InChI is InChI=1S/C18H22N2O5S/c1-11(20-18(22)16-6-5-7-26-16)17(21)19-10-12-8-14(24-3)15(25-4)9-13(12)23-2/h5-9,11H,10H2,1-4H3,(H,19,21)(H,20,22). The van der Waals surface area contributed by atoms with Gasteiger partial charge in [0.15, 0.2) is 11.5 Å². The molecule has 7 nitrogen and oxygen atoms in total. The molecule has 0 aliphatic carbocycles. The Morgan fingerprint density at radius 2 is 1.73 bits per heavy atom. The van der Waals surface area contributed by atoms with Crippen molar-refractivity contribution in [3.05, 3.63) is 40.1 Å². The zero-order valence-corrected chi connectivity index (χ0v) is 15.9. The molecule has 1 heterocycles. The molecule has 2 aromatic rings. The first-order valence-corrected chi connectivity index (χ1v) is 8.79. The van der Waals surface area contributed by atoms with Crippen molar-refractivity contribution in [2.75, 3.05) is 21.3 Å². The van der Waals surface area contributed by atoms with Crippen LogP contribution in [0.5, 0.6) is 17.2 Å². The van der Waals surface area contributed by atoms with Crippen molar-refractivity contribution in [3.8, 4) is 17.2 Å². The molecule has 1 unspecified atom stereocenters. The molecule has 0 aliphatic heterocycles. The van der Waals surface area contributed by atoms with Crippen LogP contribution in [0.15, 0.2) is 29.6 Å². The van der Waals surface area contributed by atoms with Gasteiger partial charge in [0.25, 0.3) is 5.91 Å². The number of carbonyl (C=O) groups is 2. The Labute approximate surface area is 156 Å². The highest BCUT2D eigenvalue weighted by Crippen LogP contribution is 2.34. The van der Waals surface area contributed by atoms with Gasteiger partial charge in [-0.15, -0.1) is 11.3 Å². The summed E-state index contributed by atoms with van der Waals surface area (Å²) in [4.78, 5) is 24.9. The van der Waals surface area contributed by atoms with Gasteiger partial charge in [-0.1, -0.05) is 6.07 Å². The fourth-order valence-electron chi connectivity index (χ4n) is 2.31. The second-order valence-corrected chi connectivity index (χ2v) is 6.36. The number of benzene rings is 1. The molecule has 0 saturated carbocycles. The molecule has 140 valence electrons. The van der Waals surface area contributed by atoms with Gasteiger partial charge >= 0.3 is 0 Å². The van der Waals surface area contributed by atoms with Gasteiger partial charge in [0.2, 0.25) is 5.91 Å². The van der Waals surface area contributed by atoms with Crippen LogP contribution in [0.25, 0.3) is 0 Å². The molecule has 26 heavy (non-hydrogen) atoms. The number of amides is 2. The van der Waals surface area contributed by atoms with Crippen molar-refractivity contribution in [1.29, 1.82) is 0 Å². The smallest absolute Gasteiger partial charge is 0.261 e. The van der Waals surface area contributed by atoms with Crippen LogP contribution >= 0.6 is 11.3 Å². The van der Waals surface area contributed by atoms with Crippen LogP contribution in [0.3, 0.4) is 0 Å². The van der Waals surface area contributed by atoms with E-state index in [4.69, 9.17) is 14.2 Å². The Hall–Kier alpha value is -2.74. The number of thiophene rings is 1. The summed E-state index contributed by atoms with van der Waals surface area (Å²) in [5, 5.41) is 7.27. The summed E-state index contributed by atoms with van der Waals surface area (Å²) in [6.07, 6.45) is 0. The second-order valence-electron chi connectivity index (χ2n) is 5.41. The highest BCUT2D eigenvalue weighted by molar-refractivity contribution is 7.12. The lowest BCUT2D eigenvalue weighted by Gasteiger charge is -2.16. The zero-order valence-electron chi connectivity index (χ0n) is 15.1. The van der Waals surface area contributed by atoms with Crippen LogP contribution in [0.2, 0.25) is 0 Å². The number of ether oxygens (including phenoxy) is 3. The van der Waals surface area contributed by atoms with Crippen molar-refractivity contribution in [3.63, 3.8) is 0 Å². The van der Waals surface area contributed by atoms with Gasteiger partial charge in [-0.3, -0.25) is 9.59 Å². The summed E-state index contributed by atoms with van der Waals surface area (Å²) in [5.41, 5.74) is 0.732. The molecule has 0 saturated heterocycles. The predicted molar refractivity (Wildman–Crippen MR) is 99.2 cm³/mol. The normalized spacial score (nSPS) is 11.4. The Kier molecular flexibility index (Phi) is 6.85. The van der Waals surface area contributed by atoms with Gasteiger partial charge in [0, 0.05) is 18.2 Å². The summed E-state index contributed by atoms with van der Waals surface area (Å²) in [6, 6.07) is 6.26. The fourth-order valence-corrected chi connectivity index (χ4v) is 2.93. The molecule has 2 rings (SSSR count). The Balaban J connectivity index is 2.00. The molecule has 0 bridgehead atoms. The van der Waals surface area contributed by atoms with Gasteiger partial charge in [-0.05, 0) is 24.4 Å². The summed E-state index contributed by atoms with van der Waals surface area (Å²) >= 11 is 1.32. The molecule has 0 aliphatic rings. The average molecular weight is 378 g/mol. The maximum Gasteiger partial charge on any atom is 0.261 e. The second kappa shape index (κ2) is 9.10. The first-order valence-electron chi connectivity index (χ1n) is 7.91. The lowest BCUT2D eigenvalue weighted by Crippen LogP contribution is -2.44. The molecular formula is C18H22N2O5S. The van der Waals surface area contributed by atoms with Crippen LogP contribution in [-0.2, 0) is 11.3 Å². The third-order valence-electron chi connectivity index (χ3n) is 3.73. The number of rotatable bonds is 8. The first-order chi connectivity index (χ1) is 12.5. The number of methoxy groups -OCH3 is 3. The van der Waals surface area contributed by atoms with E-state index < -0.39 is 6.04 Å². The summed E-state index contributed by atoms with van der Waals surface area (Å²) < 4.78 is 15.9. The molecule has 2 amide bonds. The molecule has 2 N–H and O–H groups in total. The van der Waals surface area contributed by atoms with Crippen molar-refractivity contribution < 1.29 is 23.8 Å². The number of hydrogen-bond acceptors (Lipinski definition) is 6. The topological polar surface area (TPSA) is 85.9 Å². The average Bonchev–Trinajstić information content (AvgIpc) is 3.19. The van der Waals surface area contributed by atoms with Crippen LogP contribution in [0.4, 0.5) is 0 Å². The van der Waals surface area contributed by atoms with E-state index in [0.717, 1.165) is 5.56 Å². The van der Waals surface area contributed by atoms with E-state index in [2.05, 4.69) is 10.6 Å². The van der Waals surface area contributed by atoms with Crippen LogP contribution in [0.1, 0.15) is 22.2 Å². The quantitative estimate of drug-likeness (QED) is 0.736. The van der Waals surface area contributed by atoms with E-state index in [1.165, 1.54) is 32.7 Å². The zero-order chi connectivity index (χ0) is 19.1. The van der Waals surface area contributed by atoms with Gasteiger partial charge in [-0.25, -0.2) is 0 Å². The maximum atomic E-state index is 12.3. The molecule has 1 atom stereocenters. The SMILES string of the molecule is COc1cc(OC)c(OC)cc1CNC(=O)C(C)NC(=O)c1cccs1. The van der Waals surface area contributed by atoms with E-state index in [0.29, 0.717) is 22.1 Å². The fraction of sp³-hybridized carbons (Fsp3) is 0.333. The summed E-state index contributed by atoms with van der Waals surface area (Å²) in [5.74, 6) is 1.07. The van der Waals surface area contributed by atoms with Crippen molar-refractivity contribution >= 4 is 23.2 Å². The first kappa shape index (κ1) is 19.6. The van der Waals surface area contributed by atoms with Gasteiger partial charge in [0.05, 0.1) is 26.2 Å². The van der Waals surface area contributed by atoms with E-state index in [9.17, 15) is 9.59 Å². The molecular weight excluding hydrogens is 356 g/mol. The van der Waals surface area contributed by atoms with Crippen LogP contribution in [-0.4, -0.2) is 39.2 Å². The summed E-state index contributed by atoms with van der Waals surface area (Å²) in [6.45, 7) is 1.86. The van der Waals surface area contributed by atoms with Gasteiger partial charge < -0.3 is 24.8 Å². The number of hydrogen-bond donors (Lipinski definition) is 2. The van der Waals surface area contributed by atoms with Crippen molar-refractivity contribution in [2.45, 2.75) is 19.5 Å². The molecule has 1 aromatic carbocycles. The van der Waals surface area contributed by atoms with Crippen LogP contribution < -0.4 is 24.8 Å². The molecule has 1 aromatic heterocycles. The molecule has 0 fully saturated rings. The Bertz CT molecular complexity index is 761. The highest BCUT2D eigenvalue weighted by Gasteiger charge is 2.18. The molecule has 0 spiro atoms. The number of nitrogens with one attached hydrogen (secondary N) is 2. The lowest BCUT2D eigenvalue weighted by molar-refractivity contribution is -0.122. The maximum absolute atomic E-state index is 12.3. The van der Waals surface area contributed by atoms with Crippen LogP contribution in [0, 0.1) is 0 Å². The van der Waals surface area contributed by atoms with E-state index in [-0.39, 0.29) is 18.4 Å². The monoisotopic (exact) mass is 378 g/mol. The minimum atomic E-state index is -0.671. The van der Waals surface area contributed by atoms with E-state index in [1.807, 2.05) is 5.38 Å². The highest BCUT2D eigenvalue weighted by atomic mass is 32.1.